The van der Waals surface area contributed by atoms with Crippen molar-refractivity contribution in [1.29, 1.82) is 0 Å². The summed E-state index contributed by atoms with van der Waals surface area (Å²) in [5.74, 6) is 1.25. The molecule has 2 aromatic carbocycles. The maximum Gasteiger partial charge on any atom is 0.163 e. The quantitative estimate of drug-likeness (QED) is 0.402. The molecule has 0 fully saturated rings. The summed E-state index contributed by atoms with van der Waals surface area (Å²) in [5, 5.41) is 5.41. The molecule has 2 rings (SSSR count). The maximum atomic E-state index is 6.58. The van der Waals surface area contributed by atoms with Gasteiger partial charge in [0, 0.05) is 38.8 Å². The molecule has 0 spiro atoms. The lowest BCUT2D eigenvalue weighted by Gasteiger charge is -2.33. The van der Waals surface area contributed by atoms with Crippen LogP contribution in [0.2, 0.25) is 15.1 Å². The molecule has 0 unspecified atom stereocenters. The molecule has 6 heteroatoms. The van der Waals surface area contributed by atoms with Crippen molar-refractivity contribution in [2.24, 2.45) is 5.41 Å². The molecule has 0 aliphatic rings. The second-order valence-corrected chi connectivity index (χ2v) is 10.6. The highest BCUT2D eigenvalue weighted by Gasteiger charge is 2.25. The molecule has 0 saturated carbocycles. The smallest absolute Gasteiger partial charge is 0.163 e. The average Bonchev–Trinajstić information content (AvgIpc) is 2.60. The van der Waals surface area contributed by atoms with Gasteiger partial charge in [0.15, 0.2) is 11.5 Å². The third kappa shape index (κ3) is 7.85. The maximum absolute atomic E-state index is 6.58. The van der Waals surface area contributed by atoms with Gasteiger partial charge in [-0.3, -0.25) is 0 Å². The summed E-state index contributed by atoms with van der Waals surface area (Å²) in [7, 11) is 0. The summed E-state index contributed by atoms with van der Waals surface area (Å²) < 4.78 is 11.8. The van der Waals surface area contributed by atoms with Crippen LogP contribution in [0.5, 0.6) is 11.5 Å². The molecule has 3 nitrogen and oxygen atoms in total. The van der Waals surface area contributed by atoms with Crippen LogP contribution in [-0.2, 0) is 13.2 Å². The van der Waals surface area contributed by atoms with Gasteiger partial charge in [0.05, 0.1) is 6.61 Å². The standard InChI is InChI=1S/C24H32Cl3NO2/c1-7-29-21-10-17(13-28-24(5,6)15-23(2,3)4)20(27)12-22(21)30-14-16-8-9-18(25)11-19(16)26/h8-12,28H,7,13-15H2,1-6H3. The van der Waals surface area contributed by atoms with E-state index in [1.54, 1.807) is 12.1 Å². The van der Waals surface area contributed by atoms with Gasteiger partial charge in [0.1, 0.15) is 6.61 Å². The van der Waals surface area contributed by atoms with E-state index in [9.17, 15) is 0 Å². The third-order valence-electron chi connectivity index (χ3n) is 4.54. The van der Waals surface area contributed by atoms with Gasteiger partial charge in [0.2, 0.25) is 0 Å². The lowest BCUT2D eigenvalue weighted by atomic mass is 9.82. The summed E-state index contributed by atoms with van der Waals surface area (Å²) in [4.78, 5) is 0. The van der Waals surface area contributed by atoms with E-state index in [2.05, 4.69) is 39.9 Å². The first-order chi connectivity index (χ1) is 13.9. The fourth-order valence-electron chi connectivity index (χ4n) is 3.61. The Morgan fingerprint density at radius 3 is 2.07 bits per heavy atom. The molecule has 1 N–H and O–H groups in total. The van der Waals surface area contributed by atoms with Crippen molar-refractivity contribution < 1.29 is 9.47 Å². The molecule has 0 atom stereocenters. The molecule has 0 radical (unpaired) electrons. The van der Waals surface area contributed by atoms with Crippen LogP contribution in [0.15, 0.2) is 30.3 Å². The molecule has 0 heterocycles. The lowest BCUT2D eigenvalue weighted by molar-refractivity contribution is 0.240. The van der Waals surface area contributed by atoms with E-state index in [0.29, 0.717) is 46.3 Å². The Morgan fingerprint density at radius 2 is 1.47 bits per heavy atom. The molecular formula is C24H32Cl3NO2. The van der Waals surface area contributed by atoms with Gasteiger partial charge in [0.25, 0.3) is 0 Å². The first-order valence-corrected chi connectivity index (χ1v) is 11.3. The molecule has 0 aliphatic carbocycles. The molecule has 0 saturated heterocycles. The minimum atomic E-state index is -0.0200. The van der Waals surface area contributed by atoms with Crippen LogP contribution in [0.25, 0.3) is 0 Å². The van der Waals surface area contributed by atoms with Crippen molar-refractivity contribution in [2.75, 3.05) is 6.61 Å². The van der Waals surface area contributed by atoms with Gasteiger partial charge >= 0.3 is 0 Å². The number of benzene rings is 2. The van der Waals surface area contributed by atoms with Crippen LogP contribution in [0.1, 0.15) is 59.1 Å². The summed E-state index contributed by atoms with van der Waals surface area (Å²) in [6.07, 6.45) is 1.04. The summed E-state index contributed by atoms with van der Waals surface area (Å²) in [6.45, 7) is 14.6. The molecule has 166 valence electrons. The van der Waals surface area contributed by atoms with E-state index >= 15 is 0 Å². The number of halogens is 3. The number of rotatable bonds is 9. The van der Waals surface area contributed by atoms with Crippen LogP contribution < -0.4 is 14.8 Å². The Morgan fingerprint density at radius 1 is 0.833 bits per heavy atom. The van der Waals surface area contributed by atoms with Crippen LogP contribution in [0, 0.1) is 5.41 Å². The van der Waals surface area contributed by atoms with E-state index in [0.717, 1.165) is 17.5 Å². The Bertz CT molecular complexity index is 860. The van der Waals surface area contributed by atoms with Crippen molar-refractivity contribution in [3.8, 4) is 11.5 Å². The third-order valence-corrected chi connectivity index (χ3v) is 5.48. The first kappa shape index (κ1) is 25.1. The van der Waals surface area contributed by atoms with Gasteiger partial charge in [-0.2, -0.15) is 0 Å². The normalized spacial score (nSPS) is 12.2. The van der Waals surface area contributed by atoms with Crippen molar-refractivity contribution in [3.63, 3.8) is 0 Å². The van der Waals surface area contributed by atoms with Gasteiger partial charge in [-0.25, -0.2) is 0 Å². The Labute approximate surface area is 196 Å². The average molecular weight is 473 g/mol. The monoisotopic (exact) mass is 471 g/mol. The zero-order valence-corrected chi connectivity index (χ0v) is 20.9. The molecule has 2 aromatic rings. The number of hydrogen-bond donors (Lipinski definition) is 1. The van der Waals surface area contributed by atoms with E-state index in [1.165, 1.54) is 0 Å². The van der Waals surface area contributed by atoms with E-state index < -0.39 is 0 Å². The Balaban J connectivity index is 2.16. The predicted octanol–water partition coefficient (Wildman–Crippen LogP) is 7.93. The minimum absolute atomic E-state index is 0.0200. The Kier molecular flexibility index (Phi) is 8.76. The van der Waals surface area contributed by atoms with Crippen molar-refractivity contribution in [1.82, 2.24) is 5.32 Å². The van der Waals surface area contributed by atoms with Crippen molar-refractivity contribution in [2.45, 2.75) is 66.7 Å². The van der Waals surface area contributed by atoms with E-state index in [1.807, 2.05) is 25.1 Å². The van der Waals surface area contributed by atoms with Crippen LogP contribution in [0.3, 0.4) is 0 Å². The first-order valence-electron chi connectivity index (χ1n) is 10.2. The van der Waals surface area contributed by atoms with E-state index in [-0.39, 0.29) is 11.0 Å². The van der Waals surface area contributed by atoms with Gasteiger partial charge in [-0.05, 0) is 56.4 Å². The molecule has 0 aliphatic heterocycles. The number of ether oxygens (including phenoxy) is 2. The second-order valence-electron chi connectivity index (χ2n) is 9.32. The fourth-order valence-corrected chi connectivity index (χ4v) is 4.29. The zero-order valence-electron chi connectivity index (χ0n) is 18.7. The number of nitrogens with one attached hydrogen (secondary N) is 1. The van der Waals surface area contributed by atoms with Crippen molar-refractivity contribution >= 4 is 34.8 Å². The van der Waals surface area contributed by atoms with E-state index in [4.69, 9.17) is 44.3 Å². The van der Waals surface area contributed by atoms with Gasteiger partial charge in [-0.1, -0.05) is 61.6 Å². The minimum Gasteiger partial charge on any atom is -0.490 e. The predicted molar refractivity (Wildman–Crippen MR) is 128 cm³/mol. The Hall–Kier alpha value is -1.13. The molecule has 0 bridgehead atoms. The van der Waals surface area contributed by atoms with Crippen LogP contribution in [0.4, 0.5) is 0 Å². The highest BCUT2D eigenvalue weighted by molar-refractivity contribution is 6.35. The molecule has 0 amide bonds. The summed E-state index contributed by atoms with van der Waals surface area (Å²) >= 11 is 18.8. The molecule has 0 aromatic heterocycles. The highest BCUT2D eigenvalue weighted by atomic mass is 35.5. The van der Waals surface area contributed by atoms with Gasteiger partial charge < -0.3 is 14.8 Å². The summed E-state index contributed by atoms with van der Waals surface area (Å²) in [6, 6.07) is 9.10. The number of hydrogen-bond acceptors (Lipinski definition) is 3. The van der Waals surface area contributed by atoms with Crippen LogP contribution >= 0.6 is 34.8 Å². The molecular weight excluding hydrogens is 441 g/mol. The van der Waals surface area contributed by atoms with Crippen molar-refractivity contribution in [3.05, 3.63) is 56.5 Å². The topological polar surface area (TPSA) is 30.5 Å². The lowest BCUT2D eigenvalue weighted by Crippen LogP contribution is -2.41. The highest BCUT2D eigenvalue weighted by Crippen LogP contribution is 2.35. The largest absolute Gasteiger partial charge is 0.490 e. The molecule has 30 heavy (non-hydrogen) atoms. The summed E-state index contributed by atoms with van der Waals surface area (Å²) in [5.41, 5.74) is 2.03. The van der Waals surface area contributed by atoms with Crippen LogP contribution in [-0.4, -0.2) is 12.1 Å². The second kappa shape index (κ2) is 10.5. The van der Waals surface area contributed by atoms with Gasteiger partial charge in [-0.15, -0.1) is 0 Å². The SMILES string of the molecule is CCOc1cc(CNC(C)(C)CC(C)(C)C)c(Cl)cc1OCc1ccc(Cl)cc1Cl. The fraction of sp³-hybridized carbons (Fsp3) is 0.500. The zero-order chi connectivity index (χ0) is 22.5.